The minimum absolute atomic E-state index is 0.0669. The Morgan fingerprint density at radius 3 is 2.75 bits per heavy atom. The van der Waals surface area contributed by atoms with Crippen molar-refractivity contribution in [3.8, 4) is 0 Å². The number of piperazine rings is 1. The summed E-state index contributed by atoms with van der Waals surface area (Å²) in [7, 11) is 0. The number of carbonyl (C=O) groups excluding carboxylic acids is 2. The lowest BCUT2D eigenvalue weighted by molar-refractivity contribution is -0.120. The summed E-state index contributed by atoms with van der Waals surface area (Å²) in [5, 5.41) is 6.48. The number of rotatable bonds is 3. The summed E-state index contributed by atoms with van der Waals surface area (Å²) in [4.78, 5) is 38.1. The number of halogens is 1. The van der Waals surface area contributed by atoms with Crippen molar-refractivity contribution in [2.45, 2.75) is 0 Å². The van der Waals surface area contributed by atoms with Crippen molar-refractivity contribution >= 4 is 45.8 Å². The van der Waals surface area contributed by atoms with Gasteiger partial charge in [-0.2, -0.15) is 0 Å². The van der Waals surface area contributed by atoms with E-state index in [2.05, 4.69) is 10.6 Å². The molecule has 0 spiro atoms. The Morgan fingerprint density at radius 1 is 1.14 bits per heavy atom. The lowest BCUT2D eigenvalue weighted by atomic mass is 10.1. The SMILES string of the molecule is O=C1CN(c2ccc(NC(=O)c3cc4ccccc4oc3=O)cc2Cl)CCN1. The predicted molar refractivity (Wildman–Crippen MR) is 107 cm³/mol. The molecule has 28 heavy (non-hydrogen) atoms. The number of hydrogen-bond donors (Lipinski definition) is 2. The first-order valence-electron chi connectivity index (χ1n) is 8.67. The number of benzene rings is 2. The molecule has 1 fully saturated rings. The van der Waals surface area contributed by atoms with Crippen LogP contribution in [0.5, 0.6) is 0 Å². The topological polar surface area (TPSA) is 91.7 Å². The van der Waals surface area contributed by atoms with Crippen molar-refractivity contribution in [2.75, 3.05) is 29.9 Å². The van der Waals surface area contributed by atoms with E-state index in [1.807, 2.05) is 4.90 Å². The van der Waals surface area contributed by atoms with Gasteiger partial charge in [0, 0.05) is 24.2 Å². The van der Waals surface area contributed by atoms with Crippen LogP contribution in [0.4, 0.5) is 11.4 Å². The van der Waals surface area contributed by atoms with Gasteiger partial charge in [-0.1, -0.05) is 29.8 Å². The highest BCUT2D eigenvalue weighted by molar-refractivity contribution is 6.33. The summed E-state index contributed by atoms with van der Waals surface area (Å²) >= 11 is 6.34. The summed E-state index contributed by atoms with van der Waals surface area (Å²) in [6.45, 7) is 1.42. The van der Waals surface area contributed by atoms with Crippen molar-refractivity contribution in [3.63, 3.8) is 0 Å². The molecule has 2 amide bonds. The van der Waals surface area contributed by atoms with Gasteiger partial charge in [0.1, 0.15) is 11.1 Å². The Labute approximate surface area is 164 Å². The van der Waals surface area contributed by atoms with Gasteiger partial charge in [0.25, 0.3) is 5.91 Å². The molecule has 0 unspecified atom stereocenters. The Balaban J connectivity index is 1.57. The van der Waals surface area contributed by atoms with Crippen molar-refractivity contribution in [1.82, 2.24) is 5.32 Å². The molecule has 7 nitrogen and oxygen atoms in total. The zero-order valence-electron chi connectivity index (χ0n) is 14.7. The van der Waals surface area contributed by atoms with Crippen molar-refractivity contribution < 1.29 is 14.0 Å². The number of carbonyl (C=O) groups is 2. The largest absolute Gasteiger partial charge is 0.422 e. The molecule has 1 aliphatic rings. The third-order valence-electron chi connectivity index (χ3n) is 4.47. The second-order valence-corrected chi connectivity index (χ2v) is 6.78. The molecule has 0 aliphatic carbocycles. The summed E-state index contributed by atoms with van der Waals surface area (Å²) < 4.78 is 5.20. The number of nitrogens with one attached hydrogen (secondary N) is 2. The zero-order chi connectivity index (χ0) is 19.7. The Kier molecular flexibility index (Phi) is 4.75. The minimum Gasteiger partial charge on any atom is -0.422 e. The highest BCUT2D eigenvalue weighted by Crippen LogP contribution is 2.29. The van der Waals surface area contributed by atoms with Gasteiger partial charge in [-0.3, -0.25) is 9.59 Å². The fourth-order valence-corrected chi connectivity index (χ4v) is 3.40. The van der Waals surface area contributed by atoms with E-state index in [1.165, 1.54) is 6.07 Å². The average molecular weight is 398 g/mol. The van der Waals surface area contributed by atoms with Crippen LogP contribution in [0.25, 0.3) is 11.0 Å². The van der Waals surface area contributed by atoms with Crippen LogP contribution in [0.1, 0.15) is 10.4 Å². The van der Waals surface area contributed by atoms with Crippen molar-refractivity contribution in [1.29, 1.82) is 0 Å². The normalized spacial score (nSPS) is 14.0. The lowest BCUT2D eigenvalue weighted by Crippen LogP contribution is -2.47. The first-order valence-corrected chi connectivity index (χ1v) is 9.04. The fraction of sp³-hybridized carbons (Fsp3) is 0.150. The van der Waals surface area contributed by atoms with E-state index in [-0.39, 0.29) is 18.0 Å². The maximum atomic E-state index is 12.5. The summed E-state index contributed by atoms with van der Waals surface area (Å²) in [5.74, 6) is -0.650. The maximum absolute atomic E-state index is 12.5. The van der Waals surface area contributed by atoms with Gasteiger partial charge in [-0.25, -0.2) is 4.79 Å². The molecule has 0 saturated carbocycles. The number of para-hydroxylation sites is 1. The fourth-order valence-electron chi connectivity index (χ4n) is 3.10. The molecular weight excluding hydrogens is 382 g/mol. The van der Waals surface area contributed by atoms with E-state index in [1.54, 1.807) is 42.5 Å². The number of anilines is 2. The molecule has 2 aromatic carbocycles. The van der Waals surface area contributed by atoms with Crippen molar-refractivity contribution in [3.05, 3.63) is 69.5 Å². The van der Waals surface area contributed by atoms with Gasteiger partial charge < -0.3 is 20.0 Å². The van der Waals surface area contributed by atoms with Crippen LogP contribution in [0.3, 0.4) is 0 Å². The number of hydrogen-bond acceptors (Lipinski definition) is 5. The second kappa shape index (κ2) is 7.36. The molecular formula is C20H16ClN3O4. The van der Waals surface area contributed by atoms with Gasteiger partial charge in [-0.15, -0.1) is 0 Å². The zero-order valence-corrected chi connectivity index (χ0v) is 15.5. The van der Waals surface area contributed by atoms with Gasteiger partial charge >= 0.3 is 5.63 Å². The summed E-state index contributed by atoms with van der Waals surface area (Å²) in [5.41, 5.74) is 0.763. The molecule has 1 saturated heterocycles. The van der Waals surface area contributed by atoms with Gasteiger partial charge in [0.15, 0.2) is 0 Å². The first-order chi connectivity index (χ1) is 13.5. The van der Waals surface area contributed by atoms with Crippen LogP contribution < -0.4 is 21.2 Å². The number of nitrogens with zero attached hydrogens (tertiary/aromatic N) is 1. The molecule has 4 rings (SSSR count). The number of fused-ring (bicyclic) bond motifs is 1. The van der Waals surface area contributed by atoms with E-state index in [4.69, 9.17) is 16.0 Å². The Hall–Kier alpha value is -3.32. The third-order valence-corrected chi connectivity index (χ3v) is 4.77. The van der Waals surface area contributed by atoms with Gasteiger partial charge in [-0.05, 0) is 30.3 Å². The van der Waals surface area contributed by atoms with E-state index >= 15 is 0 Å². The van der Waals surface area contributed by atoms with E-state index < -0.39 is 11.5 Å². The quantitative estimate of drug-likeness (QED) is 0.663. The molecule has 1 aromatic heterocycles. The second-order valence-electron chi connectivity index (χ2n) is 6.38. The van der Waals surface area contributed by atoms with Crippen LogP contribution in [0.2, 0.25) is 5.02 Å². The molecule has 0 atom stereocenters. The van der Waals surface area contributed by atoms with Crippen LogP contribution in [-0.4, -0.2) is 31.4 Å². The molecule has 8 heteroatoms. The molecule has 3 aromatic rings. The van der Waals surface area contributed by atoms with Crippen LogP contribution >= 0.6 is 11.6 Å². The Bertz CT molecular complexity index is 1140. The monoisotopic (exact) mass is 397 g/mol. The molecule has 0 radical (unpaired) electrons. The highest BCUT2D eigenvalue weighted by Gasteiger charge is 2.19. The third kappa shape index (κ3) is 3.57. The molecule has 2 heterocycles. The van der Waals surface area contributed by atoms with E-state index in [0.717, 1.165) is 0 Å². The standard InChI is InChI=1S/C20H16ClN3O4/c21-15-10-13(5-6-16(15)24-8-7-22-18(25)11-24)23-19(26)14-9-12-3-1-2-4-17(12)28-20(14)27/h1-6,9-10H,7-8,11H2,(H,22,25)(H,23,26). The van der Waals surface area contributed by atoms with Crippen LogP contribution in [-0.2, 0) is 4.79 Å². The first kappa shape index (κ1) is 18.1. The summed E-state index contributed by atoms with van der Waals surface area (Å²) in [6.07, 6.45) is 0. The average Bonchev–Trinajstić information content (AvgIpc) is 2.67. The van der Waals surface area contributed by atoms with E-state index in [0.29, 0.717) is 40.5 Å². The van der Waals surface area contributed by atoms with Gasteiger partial charge in [0.05, 0.1) is 17.3 Å². The summed E-state index contributed by atoms with van der Waals surface area (Å²) in [6, 6.07) is 13.5. The molecule has 0 bridgehead atoms. The molecule has 142 valence electrons. The maximum Gasteiger partial charge on any atom is 0.349 e. The minimum atomic E-state index is -0.710. The lowest BCUT2D eigenvalue weighted by Gasteiger charge is -2.29. The smallest absolute Gasteiger partial charge is 0.349 e. The van der Waals surface area contributed by atoms with Crippen LogP contribution in [0.15, 0.2) is 57.7 Å². The highest BCUT2D eigenvalue weighted by atomic mass is 35.5. The molecule has 1 aliphatic heterocycles. The Morgan fingerprint density at radius 2 is 1.96 bits per heavy atom. The van der Waals surface area contributed by atoms with E-state index in [9.17, 15) is 14.4 Å². The van der Waals surface area contributed by atoms with Crippen LogP contribution in [0, 0.1) is 0 Å². The molecule has 2 N–H and O–H groups in total. The number of amides is 2. The van der Waals surface area contributed by atoms with Crippen molar-refractivity contribution in [2.24, 2.45) is 0 Å². The van der Waals surface area contributed by atoms with Gasteiger partial charge in [0.2, 0.25) is 5.91 Å². The predicted octanol–water partition coefficient (Wildman–Crippen LogP) is 2.63.